The molecule has 3 unspecified atom stereocenters. The number of hydrogen-bond donors (Lipinski definition) is 1. The number of halogens is 2. The highest BCUT2D eigenvalue weighted by atomic mass is 19.1. The summed E-state index contributed by atoms with van der Waals surface area (Å²) >= 11 is 0. The Kier molecular flexibility index (Phi) is 3.41. The van der Waals surface area contributed by atoms with E-state index in [9.17, 15) is 18.4 Å². The summed E-state index contributed by atoms with van der Waals surface area (Å²) in [4.78, 5) is 25.4. The quantitative estimate of drug-likeness (QED) is 0.924. The zero-order chi connectivity index (χ0) is 17.1. The molecule has 3 fully saturated rings. The van der Waals surface area contributed by atoms with Gasteiger partial charge in [-0.1, -0.05) is 0 Å². The normalized spacial score (nSPS) is 30.2. The molecule has 1 aliphatic heterocycles. The number of nitrogens with zero attached hydrogens (tertiary/aromatic N) is 1. The third-order valence-electron chi connectivity index (χ3n) is 6.02. The number of aliphatic carboxylic acids is 1. The zero-order valence-corrected chi connectivity index (χ0v) is 13.2. The lowest BCUT2D eigenvalue weighted by Crippen LogP contribution is -2.41. The number of likely N-dealkylation sites (tertiary alicyclic amines) is 1. The van der Waals surface area contributed by atoms with Gasteiger partial charge in [-0.15, -0.1) is 0 Å². The van der Waals surface area contributed by atoms with E-state index in [1.54, 1.807) is 4.90 Å². The molecule has 1 heterocycles. The molecule has 3 atom stereocenters. The van der Waals surface area contributed by atoms with Gasteiger partial charge in [-0.25, -0.2) is 8.78 Å². The topological polar surface area (TPSA) is 57.6 Å². The highest BCUT2D eigenvalue weighted by Gasteiger charge is 2.59. The second-order valence-electron chi connectivity index (χ2n) is 7.40. The van der Waals surface area contributed by atoms with Gasteiger partial charge in [0.25, 0.3) is 0 Å². The van der Waals surface area contributed by atoms with Crippen LogP contribution in [-0.2, 0) is 9.59 Å². The van der Waals surface area contributed by atoms with Crippen LogP contribution in [0.25, 0.3) is 0 Å². The van der Waals surface area contributed by atoms with Crippen LogP contribution in [0.1, 0.15) is 37.2 Å². The molecule has 1 saturated heterocycles. The maximum Gasteiger partial charge on any atom is 0.307 e. The van der Waals surface area contributed by atoms with Gasteiger partial charge < -0.3 is 10.0 Å². The number of carbonyl (C=O) groups excluding carboxylic acids is 1. The Morgan fingerprint density at radius 3 is 2.54 bits per heavy atom. The van der Waals surface area contributed by atoms with Gasteiger partial charge in [0.1, 0.15) is 11.6 Å². The summed E-state index contributed by atoms with van der Waals surface area (Å²) in [5.74, 6) is -2.47. The van der Waals surface area contributed by atoms with Crippen LogP contribution < -0.4 is 0 Å². The van der Waals surface area contributed by atoms with Crippen LogP contribution in [0.3, 0.4) is 0 Å². The summed E-state index contributed by atoms with van der Waals surface area (Å²) in [5.41, 5.74) is 0.176. The lowest BCUT2D eigenvalue weighted by atomic mass is 9.90. The first-order valence-electron chi connectivity index (χ1n) is 8.38. The first kappa shape index (κ1) is 15.5. The van der Waals surface area contributed by atoms with Gasteiger partial charge >= 0.3 is 5.97 Å². The SMILES string of the molecule is O=C(O)C1CC12CCN(C(=O)C1CC1c1cc(F)ccc1F)CC2. The van der Waals surface area contributed by atoms with Crippen molar-refractivity contribution >= 4 is 11.9 Å². The third kappa shape index (κ3) is 2.48. The number of piperidine rings is 1. The first-order chi connectivity index (χ1) is 11.4. The summed E-state index contributed by atoms with van der Waals surface area (Å²) in [5, 5.41) is 9.11. The number of carboxylic acid groups (broad SMARTS) is 1. The molecule has 3 aliphatic rings. The molecule has 6 heteroatoms. The second kappa shape index (κ2) is 5.26. The summed E-state index contributed by atoms with van der Waals surface area (Å²) in [7, 11) is 0. The number of carboxylic acids is 1. The van der Waals surface area contributed by atoms with Crippen molar-refractivity contribution in [1.29, 1.82) is 0 Å². The minimum Gasteiger partial charge on any atom is -0.481 e. The molecule has 4 rings (SSSR count). The Bertz CT molecular complexity index is 712. The van der Waals surface area contributed by atoms with E-state index < -0.39 is 17.6 Å². The van der Waals surface area contributed by atoms with Gasteiger partial charge in [0.2, 0.25) is 5.91 Å². The van der Waals surface area contributed by atoms with E-state index in [1.807, 2.05) is 0 Å². The second-order valence-corrected chi connectivity index (χ2v) is 7.40. The van der Waals surface area contributed by atoms with Crippen LogP contribution in [0.15, 0.2) is 18.2 Å². The monoisotopic (exact) mass is 335 g/mol. The molecule has 0 radical (unpaired) electrons. The lowest BCUT2D eigenvalue weighted by molar-refractivity contribution is -0.140. The molecule has 0 aromatic heterocycles. The summed E-state index contributed by atoms with van der Waals surface area (Å²) in [6, 6.07) is 3.37. The van der Waals surface area contributed by atoms with Crippen LogP contribution in [0, 0.1) is 28.9 Å². The average molecular weight is 335 g/mol. The predicted octanol–water partition coefficient (Wildman–Crippen LogP) is 2.78. The van der Waals surface area contributed by atoms with Gasteiger partial charge in [0.15, 0.2) is 0 Å². The maximum atomic E-state index is 13.8. The van der Waals surface area contributed by atoms with E-state index in [1.165, 1.54) is 6.07 Å². The maximum absolute atomic E-state index is 13.8. The van der Waals surface area contributed by atoms with Gasteiger partial charge in [0, 0.05) is 19.0 Å². The molecule has 1 amide bonds. The van der Waals surface area contributed by atoms with Crippen LogP contribution >= 0.6 is 0 Å². The van der Waals surface area contributed by atoms with Crippen molar-refractivity contribution in [1.82, 2.24) is 4.90 Å². The number of rotatable bonds is 3. The molecule has 1 aromatic carbocycles. The van der Waals surface area contributed by atoms with Crippen molar-refractivity contribution in [2.24, 2.45) is 17.3 Å². The fourth-order valence-corrected chi connectivity index (χ4v) is 4.27. The van der Waals surface area contributed by atoms with E-state index in [0.29, 0.717) is 25.9 Å². The van der Waals surface area contributed by atoms with Crippen molar-refractivity contribution in [3.8, 4) is 0 Å². The van der Waals surface area contributed by atoms with Crippen LogP contribution in [-0.4, -0.2) is 35.0 Å². The largest absolute Gasteiger partial charge is 0.481 e. The smallest absolute Gasteiger partial charge is 0.307 e. The van der Waals surface area contributed by atoms with Crippen LogP contribution in [0.2, 0.25) is 0 Å². The molecular weight excluding hydrogens is 316 g/mol. The number of carbonyl (C=O) groups is 2. The number of hydrogen-bond acceptors (Lipinski definition) is 2. The first-order valence-corrected chi connectivity index (χ1v) is 8.38. The van der Waals surface area contributed by atoms with Crippen molar-refractivity contribution < 1.29 is 23.5 Å². The number of benzene rings is 1. The summed E-state index contributed by atoms with van der Waals surface area (Å²) in [6.45, 7) is 1.13. The Morgan fingerprint density at radius 1 is 1.21 bits per heavy atom. The van der Waals surface area contributed by atoms with E-state index in [-0.39, 0.29) is 34.6 Å². The molecule has 0 bridgehead atoms. The van der Waals surface area contributed by atoms with E-state index in [2.05, 4.69) is 0 Å². The average Bonchev–Trinajstić information content (AvgIpc) is 3.45. The highest BCUT2D eigenvalue weighted by molar-refractivity contribution is 5.83. The van der Waals surface area contributed by atoms with Crippen molar-refractivity contribution in [2.75, 3.05) is 13.1 Å². The fraction of sp³-hybridized carbons (Fsp3) is 0.556. The molecule has 2 aliphatic carbocycles. The summed E-state index contributed by atoms with van der Waals surface area (Å²) in [6.07, 6.45) is 2.71. The summed E-state index contributed by atoms with van der Waals surface area (Å²) < 4.78 is 27.1. The minimum absolute atomic E-state index is 0.00830. The molecule has 1 aromatic rings. The van der Waals surface area contributed by atoms with Crippen LogP contribution in [0.5, 0.6) is 0 Å². The number of amides is 1. The lowest BCUT2D eigenvalue weighted by Gasteiger charge is -2.33. The molecule has 128 valence electrons. The van der Waals surface area contributed by atoms with Gasteiger partial charge in [-0.3, -0.25) is 9.59 Å². The predicted molar refractivity (Wildman–Crippen MR) is 81.2 cm³/mol. The van der Waals surface area contributed by atoms with Gasteiger partial charge in [-0.2, -0.15) is 0 Å². The van der Waals surface area contributed by atoms with Crippen molar-refractivity contribution in [3.05, 3.63) is 35.4 Å². The molecule has 24 heavy (non-hydrogen) atoms. The van der Waals surface area contributed by atoms with Crippen LogP contribution in [0.4, 0.5) is 8.78 Å². The third-order valence-corrected chi connectivity index (χ3v) is 6.02. The Hall–Kier alpha value is -1.98. The Morgan fingerprint density at radius 2 is 1.92 bits per heavy atom. The zero-order valence-electron chi connectivity index (χ0n) is 13.2. The molecular formula is C18H19F2NO3. The molecule has 4 nitrogen and oxygen atoms in total. The van der Waals surface area contributed by atoms with E-state index in [0.717, 1.165) is 25.0 Å². The standard InChI is InChI=1S/C18H19F2NO3/c19-10-1-2-15(20)12(7-10)11-8-13(11)16(22)21-5-3-18(4-6-21)9-14(18)17(23)24/h1-2,7,11,13-14H,3-6,8-9H2,(H,23,24). The minimum atomic E-state index is -0.737. The molecule has 2 saturated carbocycles. The Balaban J connectivity index is 1.37. The highest BCUT2D eigenvalue weighted by Crippen LogP contribution is 2.60. The van der Waals surface area contributed by atoms with Crippen molar-refractivity contribution in [2.45, 2.75) is 31.6 Å². The van der Waals surface area contributed by atoms with Crippen molar-refractivity contribution in [3.63, 3.8) is 0 Å². The molecule has 1 N–H and O–H groups in total. The molecule has 1 spiro atoms. The van der Waals surface area contributed by atoms with E-state index >= 15 is 0 Å². The van der Waals surface area contributed by atoms with Gasteiger partial charge in [-0.05, 0) is 60.8 Å². The van der Waals surface area contributed by atoms with Gasteiger partial charge in [0.05, 0.1) is 5.92 Å². The fourth-order valence-electron chi connectivity index (χ4n) is 4.27. The van der Waals surface area contributed by atoms with E-state index in [4.69, 9.17) is 5.11 Å². The Labute approximate surface area is 138 Å².